The van der Waals surface area contributed by atoms with Gasteiger partial charge >= 0.3 is 0 Å². The summed E-state index contributed by atoms with van der Waals surface area (Å²) >= 11 is 0. The van der Waals surface area contributed by atoms with Crippen LogP contribution in [-0.4, -0.2) is 50.2 Å². The van der Waals surface area contributed by atoms with Gasteiger partial charge < -0.3 is 19.3 Å². The van der Waals surface area contributed by atoms with Gasteiger partial charge in [0.25, 0.3) is 5.91 Å². The quantitative estimate of drug-likeness (QED) is 0.843. The fraction of sp³-hybridized carbons (Fsp3) is 0.409. The molecule has 5 nitrogen and oxygen atoms in total. The normalized spacial score (nSPS) is 16.0. The maximum absolute atomic E-state index is 12.8. The topological polar surface area (TPSA) is 43.2 Å². The van der Waals surface area contributed by atoms with Crippen molar-refractivity contribution in [2.45, 2.75) is 26.5 Å². The van der Waals surface area contributed by atoms with E-state index in [9.17, 15) is 4.79 Å². The maximum atomic E-state index is 12.8. The van der Waals surface area contributed by atoms with Gasteiger partial charge in [0.1, 0.15) is 6.54 Å². The van der Waals surface area contributed by atoms with Crippen LogP contribution in [0.15, 0.2) is 48.5 Å². The van der Waals surface area contributed by atoms with Gasteiger partial charge in [0, 0.05) is 5.56 Å². The number of carbonyl (C=O) groups excluding carboxylic acids is 1. The first-order chi connectivity index (χ1) is 13.1. The molecule has 0 saturated carbocycles. The Hall–Kier alpha value is -2.53. The lowest BCUT2D eigenvalue weighted by Crippen LogP contribution is -3.13. The largest absolute Gasteiger partial charge is 0.493 e. The molecule has 27 heavy (non-hydrogen) atoms. The van der Waals surface area contributed by atoms with Crippen LogP contribution >= 0.6 is 0 Å². The number of aryl methyl sites for hydroxylation is 1. The second kappa shape index (κ2) is 8.91. The summed E-state index contributed by atoms with van der Waals surface area (Å²) in [5.74, 6) is 1.31. The van der Waals surface area contributed by atoms with E-state index in [4.69, 9.17) is 9.47 Å². The standard InChI is InChI=1S/C22H28N2O3/c1-17-9-10-20(21(15-17)26-3)27-18(2)22(25)24-13-11-23(12-14-24)16-19-7-5-4-6-8-19/h4-10,15,18H,11-14,16H2,1-3H3/p+1/t18-/m1/s1. The third-order valence-electron chi connectivity index (χ3n) is 5.05. The van der Waals surface area contributed by atoms with Gasteiger partial charge in [-0.1, -0.05) is 36.4 Å². The van der Waals surface area contributed by atoms with Gasteiger partial charge in [0.2, 0.25) is 0 Å². The Kier molecular flexibility index (Phi) is 6.35. The van der Waals surface area contributed by atoms with Crippen LogP contribution in [0.3, 0.4) is 0 Å². The molecule has 1 amide bonds. The molecule has 1 aliphatic rings. The Labute approximate surface area is 161 Å². The number of amides is 1. The van der Waals surface area contributed by atoms with Crippen LogP contribution in [0, 0.1) is 6.92 Å². The van der Waals surface area contributed by atoms with Crippen molar-refractivity contribution >= 4 is 5.91 Å². The predicted molar refractivity (Wildman–Crippen MR) is 105 cm³/mol. The highest BCUT2D eigenvalue weighted by atomic mass is 16.5. The number of ether oxygens (including phenoxy) is 2. The van der Waals surface area contributed by atoms with E-state index in [0.717, 1.165) is 38.3 Å². The summed E-state index contributed by atoms with van der Waals surface area (Å²) in [6.07, 6.45) is -0.530. The number of quaternary nitrogens is 1. The molecular formula is C22H29N2O3+. The second-order valence-corrected chi connectivity index (χ2v) is 7.15. The molecule has 2 aromatic rings. The first kappa shape index (κ1) is 19.2. The summed E-state index contributed by atoms with van der Waals surface area (Å²) in [4.78, 5) is 16.2. The molecule has 1 saturated heterocycles. The van der Waals surface area contributed by atoms with Crippen LogP contribution in [0.2, 0.25) is 0 Å². The van der Waals surface area contributed by atoms with E-state index in [1.807, 2.05) is 43.0 Å². The average Bonchev–Trinajstić information content (AvgIpc) is 2.70. The van der Waals surface area contributed by atoms with Crippen LogP contribution in [0.1, 0.15) is 18.1 Å². The predicted octanol–water partition coefficient (Wildman–Crippen LogP) is 1.70. The van der Waals surface area contributed by atoms with Crippen molar-refractivity contribution in [3.05, 3.63) is 59.7 Å². The third kappa shape index (κ3) is 5.01. The molecule has 144 valence electrons. The molecule has 0 radical (unpaired) electrons. The molecule has 0 spiro atoms. The van der Waals surface area contributed by atoms with E-state index in [2.05, 4.69) is 24.3 Å². The lowest BCUT2D eigenvalue weighted by atomic mass is 10.2. The first-order valence-corrected chi connectivity index (χ1v) is 9.54. The summed E-state index contributed by atoms with van der Waals surface area (Å²) in [7, 11) is 1.61. The van der Waals surface area contributed by atoms with E-state index in [0.29, 0.717) is 11.5 Å². The molecule has 0 aromatic heterocycles. The van der Waals surface area contributed by atoms with Crippen molar-refractivity contribution in [1.29, 1.82) is 0 Å². The molecule has 1 atom stereocenters. The van der Waals surface area contributed by atoms with Crippen molar-refractivity contribution in [3.63, 3.8) is 0 Å². The highest BCUT2D eigenvalue weighted by molar-refractivity contribution is 5.81. The number of benzene rings is 2. The Bertz CT molecular complexity index is 755. The number of nitrogens with zero attached hydrogens (tertiary/aromatic N) is 1. The Morgan fingerprint density at radius 1 is 1.11 bits per heavy atom. The fourth-order valence-electron chi connectivity index (χ4n) is 3.47. The van der Waals surface area contributed by atoms with E-state index in [1.165, 1.54) is 10.5 Å². The average molecular weight is 369 g/mol. The second-order valence-electron chi connectivity index (χ2n) is 7.15. The molecule has 1 N–H and O–H groups in total. The van der Waals surface area contributed by atoms with Crippen LogP contribution in [0.5, 0.6) is 11.5 Å². The van der Waals surface area contributed by atoms with E-state index in [1.54, 1.807) is 7.11 Å². The Morgan fingerprint density at radius 3 is 2.48 bits per heavy atom. The molecule has 1 fully saturated rings. The highest BCUT2D eigenvalue weighted by Crippen LogP contribution is 2.28. The zero-order valence-corrected chi connectivity index (χ0v) is 16.4. The minimum absolute atomic E-state index is 0.0383. The number of rotatable bonds is 6. The van der Waals surface area contributed by atoms with E-state index >= 15 is 0 Å². The smallest absolute Gasteiger partial charge is 0.263 e. The summed E-state index contributed by atoms with van der Waals surface area (Å²) < 4.78 is 11.3. The zero-order chi connectivity index (χ0) is 19.2. The van der Waals surface area contributed by atoms with Crippen molar-refractivity contribution < 1.29 is 19.2 Å². The minimum Gasteiger partial charge on any atom is -0.493 e. The maximum Gasteiger partial charge on any atom is 0.263 e. The number of methoxy groups -OCH3 is 1. The fourth-order valence-corrected chi connectivity index (χ4v) is 3.47. The summed E-state index contributed by atoms with van der Waals surface area (Å²) in [5.41, 5.74) is 2.44. The summed E-state index contributed by atoms with van der Waals surface area (Å²) in [5, 5.41) is 0. The lowest BCUT2D eigenvalue weighted by molar-refractivity contribution is -0.917. The SMILES string of the molecule is COc1cc(C)ccc1O[C@H](C)C(=O)N1CC[NH+](Cc2ccccc2)CC1. The number of hydrogen-bond acceptors (Lipinski definition) is 3. The Balaban J connectivity index is 1.53. The molecule has 2 aromatic carbocycles. The minimum atomic E-state index is -0.530. The molecular weight excluding hydrogens is 340 g/mol. The zero-order valence-electron chi connectivity index (χ0n) is 16.4. The van der Waals surface area contributed by atoms with Gasteiger partial charge in [-0.05, 0) is 31.5 Å². The molecule has 1 heterocycles. The van der Waals surface area contributed by atoms with Crippen molar-refractivity contribution in [2.75, 3.05) is 33.3 Å². The van der Waals surface area contributed by atoms with Crippen LogP contribution < -0.4 is 14.4 Å². The van der Waals surface area contributed by atoms with Crippen molar-refractivity contribution in [2.24, 2.45) is 0 Å². The summed E-state index contributed by atoms with van der Waals surface area (Å²) in [6.45, 7) is 8.26. The third-order valence-corrected chi connectivity index (χ3v) is 5.05. The molecule has 1 aliphatic heterocycles. The molecule has 5 heteroatoms. The monoisotopic (exact) mass is 369 g/mol. The van der Waals surface area contributed by atoms with Gasteiger partial charge in [-0.2, -0.15) is 0 Å². The number of hydrogen-bond donors (Lipinski definition) is 1. The van der Waals surface area contributed by atoms with Gasteiger partial charge in [-0.15, -0.1) is 0 Å². The van der Waals surface area contributed by atoms with E-state index in [-0.39, 0.29) is 5.91 Å². The van der Waals surface area contributed by atoms with Gasteiger partial charge in [0.15, 0.2) is 17.6 Å². The summed E-state index contributed by atoms with van der Waals surface area (Å²) in [6, 6.07) is 16.3. The molecule has 0 aliphatic carbocycles. The van der Waals surface area contributed by atoms with Crippen LogP contribution in [-0.2, 0) is 11.3 Å². The van der Waals surface area contributed by atoms with Crippen LogP contribution in [0.4, 0.5) is 0 Å². The highest BCUT2D eigenvalue weighted by Gasteiger charge is 2.28. The van der Waals surface area contributed by atoms with Gasteiger partial charge in [-0.25, -0.2) is 0 Å². The van der Waals surface area contributed by atoms with Gasteiger partial charge in [0.05, 0.1) is 33.3 Å². The molecule has 0 unspecified atom stereocenters. The van der Waals surface area contributed by atoms with Crippen molar-refractivity contribution in [1.82, 2.24) is 4.90 Å². The Morgan fingerprint density at radius 2 is 1.81 bits per heavy atom. The number of piperazine rings is 1. The molecule has 0 bridgehead atoms. The van der Waals surface area contributed by atoms with Crippen LogP contribution in [0.25, 0.3) is 0 Å². The number of nitrogens with one attached hydrogen (secondary N) is 1. The van der Waals surface area contributed by atoms with Gasteiger partial charge in [-0.3, -0.25) is 4.79 Å². The first-order valence-electron chi connectivity index (χ1n) is 9.54. The van der Waals surface area contributed by atoms with E-state index < -0.39 is 6.10 Å². The lowest BCUT2D eigenvalue weighted by Gasteiger charge is -2.33. The molecule has 3 rings (SSSR count). The number of carbonyl (C=O) groups is 1. The van der Waals surface area contributed by atoms with Crippen molar-refractivity contribution in [3.8, 4) is 11.5 Å².